The fraction of sp³-hybridized carbons (Fsp3) is 0.217. The van der Waals surface area contributed by atoms with Crippen LogP contribution in [0, 0.1) is 11.7 Å². The summed E-state index contributed by atoms with van der Waals surface area (Å²) in [7, 11) is 0. The molecule has 2 aromatic carbocycles. The Hall–Kier alpha value is -2.83. The Morgan fingerprint density at radius 1 is 1.10 bits per heavy atom. The lowest BCUT2D eigenvalue weighted by atomic mass is 9.96. The number of nitrogens with two attached hydrogens (primary N) is 1. The van der Waals surface area contributed by atoms with E-state index in [1.165, 1.54) is 23.5 Å². The number of nitrogens with zero attached hydrogens (tertiary/aromatic N) is 1. The van der Waals surface area contributed by atoms with Gasteiger partial charge in [0.1, 0.15) is 23.2 Å². The summed E-state index contributed by atoms with van der Waals surface area (Å²) in [6.45, 7) is 4.81. The van der Waals surface area contributed by atoms with Crippen LogP contribution in [0.1, 0.15) is 31.3 Å². The molecular formula is C23H23FN3OS+. The number of halogens is 1. The lowest BCUT2D eigenvalue weighted by Gasteiger charge is -2.19. The number of quaternary nitrogens is 1. The van der Waals surface area contributed by atoms with Crippen LogP contribution in [0.3, 0.4) is 0 Å². The van der Waals surface area contributed by atoms with Crippen molar-refractivity contribution in [3.8, 4) is 10.4 Å². The van der Waals surface area contributed by atoms with Crippen LogP contribution in [0.2, 0.25) is 0 Å². The second-order valence-corrected chi connectivity index (χ2v) is 8.50. The molecule has 0 saturated carbocycles. The number of thiophene rings is 1. The van der Waals surface area contributed by atoms with Gasteiger partial charge in [-0.15, -0.1) is 11.3 Å². The average molecular weight is 409 g/mol. The molecule has 6 heteroatoms. The molecule has 2 aromatic heterocycles. The zero-order valence-electron chi connectivity index (χ0n) is 16.4. The first-order valence-corrected chi connectivity index (χ1v) is 10.5. The normalized spacial score (nSPS) is 12.6. The first-order chi connectivity index (χ1) is 14.0. The number of benzene rings is 2. The number of H-pyrrole nitrogens is 1. The van der Waals surface area contributed by atoms with Gasteiger partial charge >= 0.3 is 0 Å². The number of aromatic amines is 1. The lowest BCUT2D eigenvalue weighted by Crippen LogP contribution is -2.85. The number of aromatic nitrogens is 2. The number of nitrogens with one attached hydrogen (secondary N) is 1. The SMILES string of the molecule is CC(C)[C@@H]([NH2+]Cc1nc2sc(-c3ccccc3)cc2c(=O)[nH]1)c1ccc(F)cc1. The second-order valence-electron chi connectivity index (χ2n) is 7.47. The van der Waals surface area contributed by atoms with Gasteiger partial charge in [-0.2, -0.15) is 0 Å². The highest BCUT2D eigenvalue weighted by atomic mass is 32.1. The predicted molar refractivity (Wildman–Crippen MR) is 115 cm³/mol. The summed E-state index contributed by atoms with van der Waals surface area (Å²) in [5, 5.41) is 2.77. The molecule has 0 spiro atoms. The van der Waals surface area contributed by atoms with Gasteiger partial charge in [0.15, 0.2) is 5.82 Å². The van der Waals surface area contributed by atoms with Crippen molar-refractivity contribution in [2.24, 2.45) is 5.92 Å². The topological polar surface area (TPSA) is 62.4 Å². The molecule has 3 N–H and O–H groups in total. The average Bonchev–Trinajstić information content (AvgIpc) is 3.15. The van der Waals surface area contributed by atoms with Crippen LogP contribution in [0.5, 0.6) is 0 Å². The van der Waals surface area contributed by atoms with E-state index >= 15 is 0 Å². The van der Waals surface area contributed by atoms with Gasteiger partial charge in [0.05, 0.1) is 5.39 Å². The summed E-state index contributed by atoms with van der Waals surface area (Å²) in [5.74, 6) is 0.763. The third kappa shape index (κ3) is 4.28. The Morgan fingerprint density at radius 3 is 2.52 bits per heavy atom. The molecule has 0 aliphatic rings. The third-order valence-electron chi connectivity index (χ3n) is 5.05. The van der Waals surface area contributed by atoms with Crippen molar-refractivity contribution in [2.75, 3.05) is 0 Å². The summed E-state index contributed by atoms with van der Waals surface area (Å²) in [6, 6.07) is 18.7. The third-order valence-corrected chi connectivity index (χ3v) is 6.13. The van der Waals surface area contributed by atoms with Crippen LogP contribution in [-0.4, -0.2) is 9.97 Å². The van der Waals surface area contributed by atoms with Gasteiger partial charge < -0.3 is 10.3 Å². The number of fused-ring (bicyclic) bond motifs is 1. The maximum absolute atomic E-state index is 13.3. The second kappa shape index (κ2) is 8.27. The molecule has 4 rings (SSSR count). The monoisotopic (exact) mass is 408 g/mol. The summed E-state index contributed by atoms with van der Waals surface area (Å²) >= 11 is 1.53. The zero-order chi connectivity index (χ0) is 20.4. The molecular weight excluding hydrogens is 385 g/mol. The molecule has 2 heterocycles. The molecule has 0 radical (unpaired) electrons. The van der Waals surface area contributed by atoms with Gasteiger partial charge in [0.25, 0.3) is 5.56 Å². The van der Waals surface area contributed by atoms with Gasteiger partial charge in [-0.1, -0.05) is 56.3 Å². The Balaban J connectivity index is 1.59. The molecule has 0 aliphatic carbocycles. The van der Waals surface area contributed by atoms with E-state index in [2.05, 4.69) is 24.1 Å². The molecule has 4 nitrogen and oxygen atoms in total. The highest BCUT2D eigenvalue weighted by Gasteiger charge is 2.20. The van der Waals surface area contributed by atoms with Gasteiger partial charge in [-0.05, 0) is 23.8 Å². The van der Waals surface area contributed by atoms with Crippen molar-refractivity contribution in [2.45, 2.75) is 26.4 Å². The summed E-state index contributed by atoms with van der Waals surface area (Å²) in [6.07, 6.45) is 0. The Bertz CT molecular complexity index is 1170. The molecule has 148 valence electrons. The largest absolute Gasteiger partial charge is 0.334 e. The van der Waals surface area contributed by atoms with E-state index in [0.29, 0.717) is 23.7 Å². The molecule has 1 atom stereocenters. The van der Waals surface area contributed by atoms with E-state index in [9.17, 15) is 9.18 Å². The molecule has 0 saturated heterocycles. The van der Waals surface area contributed by atoms with E-state index in [0.717, 1.165) is 20.8 Å². The maximum Gasteiger partial charge on any atom is 0.259 e. The van der Waals surface area contributed by atoms with E-state index < -0.39 is 0 Å². The first kappa shape index (κ1) is 19.5. The van der Waals surface area contributed by atoms with Crippen molar-refractivity contribution in [3.63, 3.8) is 0 Å². The van der Waals surface area contributed by atoms with E-state index in [1.807, 2.05) is 48.5 Å². The van der Waals surface area contributed by atoms with Crippen LogP contribution in [0.25, 0.3) is 20.7 Å². The fourth-order valence-electron chi connectivity index (χ4n) is 3.53. The van der Waals surface area contributed by atoms with E-state index in [4.69, 9.17) is 4.98 Å². The van der Waals surface area contributed by atoms with Crippen molar-refractivity contribution in [3.05, 3.63) is 88.2 Å². The van der Waals surface area contributed by atoms with Gasteiger partial charge in [-0.3, -0.25) is 4.79 Å². The van der Waals surface area contributed by atoms with Gasteiger partial charge in [-0.25, -0.2) is 9.37 Å². The smallest absolute Gasteiger partial charge is 0.259 e. The fourth-order valence-corrected chi connectivity index (χ4v) is 4.59. The van der Waals surface area contributed by atoms with Crippen molar-refractivity contribution in [1.82, 2.24) is 9.97 Å². The molecule has 0 fully saturated rings. The standard InChI is InChI=1S/C23H22FN3OS/c1-14(2)21(16-8-10-17(24)11-9-16)25-13-20-26-22(28)18-12-19(29-23(18)27-20)15-6-4-3-5-7-15/h3-12,14,21,25H,13H2,1-2H3,(H,26,27,28)/p+1/t21-/m1/s1. The number of hydrogen-bond donors (Lipinski definition) is 2. The van der Waals surface area contributed by atoms with Crippen molar-refractivity contribution < 1.29 is 9.71 Å². The van der Waals surface area contributed by atoms with Gasteiger partial charge in [0.2, 0.25) is 0 Å². The molecule has 0 amide bonds. The van der Waals surface area contributed by atoms with Crippen LogP contribution in [0.15, 0.2) is 65.5 Å². The molecule has 29 heavy (non-hydrogen) atoms. The predicted octanol–water partition coefficient (Wildman–Crippen LogP) is 4.25. The first-order valence-electron chi connectivity index (χ1n) is 9.68. The van der Waals surface area contributed by atoms with Crippen LogP contribution in [-0.2, 0) is 6.54 Å². The molecule has 0 aliphatic heterocycles. The van der Waals surface area contributed by atoms with E-state index in [1.54, 1.807) is 0 Å². The minimum absolute atomic E-state index is 0.111. The highest BCUT2D eigenvalue weighted by molar-refractivity contribution is 7.21. The van der Waals surface area contributed by atoms with Gasteiger partial charge in [0, 0.05) is 16.4 Å². The summed E-state index contributed by atoms with van der Waals surface area (Å²) < 4.78 is 13.3. The van der Waals surface area contributed by atoms with Crippen LogP contribution < -0.4 is 10.9 Å². The zero-order valence-corrected chi connectivity index (χ0v) is 17.2. The van der Waals surface area contributed by atoms with Crippen LogP contribution >= 0.6 is 11.3 Å². The minimum Gasteiger partial charge on any atom is -0.334 e. The molecule has 0 unspecified atom stereocenters. The highest BCUT2D eigenvalue weighted by Crippen LogP contribution is 2.30. The number of hydrogen-bond acceptors (Lipinski definition) is 3. The van der Waals surface area contributed by atoms with Crippen LogP contribution in [0.4, 0.5) is 4.39 Å². The summed E-state index contributed by atoms with van der Waals surface area (Å²) in [5.41, 5.74) is 2.03. The number of rotatable bonds is 6. The van der Waals surface area contributed by atoms with Crippen molar-refractivity contribution in [1.29, 1.82) is 0 Å². The minimum atomic E-state index is -0.236. The maximum atomic E-state index is 13.3. The Kier molecular flexibility index (Phi) is 5.56. The lowest BCUT2D eigenvalue weighted by molar-refractivity contribution is -0.718. The Morgan fingerprint density at radius 2 is 1.83 bits per heavy atom. The summed E-state index contributed by atoms with van der Waals surface area (Å²) in [4.78, 5) is 22.0. The molecule has 4 aromatic rings. The Labute approximate surface area is 172 Å². The van der Waals surface area contributed by atoms with E-state index in [-0.39, 0.29) is 17.4 Å². The van der Waals surface area contributed by atoms with Crippen molar-refractivity contribution >= 4 is 21.6 Å². The quantitative estimate of drug-likeness (QED) is 0.501. The molecule has 0 bridgehead atoms.